The number of aromatic nitrogens is 4. The zero-order valence-corrected chi connectivity index (χ0v) is 16.4. The molecule has 0 fully saturated rings. The summed E-state index contributed by atoms with van der Waals surface area (Å²) in [4.78, 5) is 40.9. The fourth-order valence-corrected chi connectivity index (χ4v) is 3.13. The molecule has 1 N–H and O–H groups in total. The molecule has 142 valence electrons. The summed E-state index contributed by atoms with van der Waals surface area (Å²) in [5.74, 6) is -0.316. The van der Waals surface area contributed by atoms with Gasteiger partial charge < -0.3 is 9.88 Å². The second kappa shape index (κ2) is 7.21. The second-order valence-electron chi connectivity index (χ2n) is 6.21. The van der Waals surface area contributed by atoms with Crippen LogP contribution in [-0.4, -0.2) is 24.6 Å². The van der Waals surface area contributed by atoms with Crippen LogP contribution in [0.4, 0.5) is 0 Å². The van der Waals surface area contributed by atoms with Crippen LogP contribution < -0.4 is 16.6 Å². The Balaban J connectivity index is 1.85. The van der Waals surface area contributed by atoms with Crippen molar-refractivity contribution in [3.05, 3.63) is 61.0 Å². The summed E-state index contributed by atoms with van der Waals surface area (Å²) >= 11 is 11.9. The van der Waals surface area contributed by atoms with Crippen molar-refractivity contribution in [2.75, 3.05) is 0 Å². The van der Waals surface area contributed by atoms with E-state index in [4.69, 9.17) is 23.2 Å². The van der Waals surface area contributed by atoms with Gasteiger partial charge in [0.1, 0.15) is 6.54 Å². The highest BCUT2D eigenvalue weighted by atomic mass is 35.5. The SMILES string of the molecule is CC(NC(=O)Cn1cnc2c1c(=O)n(C)c(=O)n2C)c1ccc(Cl)c(Cl)c1. The van der Waals surface area contributed by atoms with Crippen LogP contribution in [0.5, 0.6) is 0 Å². The topological polar surface area (TPSA) is 90.9 Å². The Morgan fingerprint density at radius 3 is 2.56 bits per heavy atom. The summed E-state index contributed by atoms with van der Waals surface area (Å²) in [6, 6.07) is 4.81. The Hall–Kier alpha value is -2.58. The molecule has 0 spiro atoms. The number of benzene rings is 1. The predicted octanol–water partition coefficient (Wildman–Crippen LogP) is 1.62. The maximum Gasteiger partial charge on any atom is 0.332 e. The van der Waals surface area contributed by atoms with Gasteiger partial charge in [0.05, 0.1) is 22.4 Å². The molecule has 0 saturated carbocycles. The standard InChI is InChI=1S/C17H17Cl2N5O3/c1-9(10-4-5-11(18)12(19)6-10)21-13(25)7-24-8-20-15-14(24)16(26)23(3)17(27)22(15)2/h4-6,8-9H,7H2,1-3H3,(H,21,25). The van der Waals surface area contributed by atoms with E-state index in [0.29, 0.717) is 10.0 Å². The van der Waals surface area contributed by atoms with Crippen LogP contribution in [0.1, 0.15) is 18.5 Å². The summed E-state index contributed by atoms with van der Waals surface area (Å²) < 4.78 is 3.67. The fraction of sp³-hybridized carbons (Fsp3) is 0.294. The molecule has 0 aliphatic rings. The molecule has 3 rings (SSSR count). The Kier molecular flexibility index (Phi) is 5.12. The van der Waals surface area contributed by atoms with Crippen molar-refractivity contribution in [1.82, 2.24) is 24.0 Å². The monoisotopic (exact) mass is 409 g/mol. The van der Waals surface area contributed by atoms with Crippen molar-refractivity contribution in [3.8, 4) is 0 Å². The van der Waals surface area contributed by atoms with Gasteiger partial charge in [-0.1, -0.05) is 29.3 Å². The van der Waals surface area contributed by atoms with E-state index in [9.17, 15) is 14.4 Å². The summed E-state index contributed by atoms with van der Waals surface area (Å²) in [6.45, 7) is 1.70. The van der Waals surface area contributed by atoms with Gasteiger partial charge in [0.25, 0.3) is 5.56 Å². The van der Waals surface area contributed by atoms with Crippen molar-refractivity contribution < 1.29 is 4.79 Å². The molecule has 1 aromatic carbocycles. The number of aryl methyl sites for hydroxylation is 1. The van der Waals surface area contributed by atoms with E-state index in [-0.39, 0.29) is 29.7 Å². The molecule has 1 atom stereocenters. The van der Waals surface area contributed by atoms with Crippen molar-refractivity contribution in [2.24, 2.45) is 14.1 Å². The van der Waals surface area contributed by atoms with Gasteiger partial charge in [0.2, 0.25) is 5.91 Å². The third kappa shape index (κ3) is 3.50. The van der Waals surface area contributed by atoms with Crippen molar-refractivity contribution in [1.29, 1.82) is 0 Å². The summed E-state index contributed by atoms with van der Waals surface area (Å²) in [6.07, 6.45) is 1.37. The Labute approximate surface area is 163 Å². The highest BCUT2D eigenvalue weighted by Crippen LogP contribution is 2.25. The second-order valence-corrected chi connectivity index (χ2v) is 7.03. The van der Waals surface area contributed by atoms with Gasteiger partial charge in [-0.05, 0) is 24.6 Å². The number of amides is 1. The van der Waals surface area contributed by atoms with E-state index in [1.165, 1.54) is 29.6 Å². The molecule has 0 bridgehead atoms. The van der Waals surface area contributed by atoms with E-state index in [1.807, 2.05) is 6.92 Å². The molecule has 2 aromatic heterocycles. The van der Waals surface area contributed by atoms with Gasteiger partial charge in [-0.3, -0.25) is 18.7 Å². The number of nitrogens with zero attached hydrogens (tertiary/aromatic N) is 4. The van der Waals surface area contributed by atoms with Crippen LogP contribution in [0.15, 0.2) is 34.1 Å². The van der Waals surface area contributed by atoms with Crippen LogP contribution >= 0.6 is 23.2 Å². The molecule has 0 radical (unpaired) electrons. The fourth-order valence-electron chi connectivity index (χ4n) is 2.82. The third-order valence-corrected chi connectivity index (χ3v) is 5.09. The van der Waals surface area contributed by atoms with Gasteiger partial charge >= 0.3 is 5.69 Å². The lowest BCUT2D eigenvalue weighted by molar-refractivity contribution is -0.122. The minimum Gasteiger partial charge on any atom is -0.348 e. The van der Waals surface area contributed by atoms with Gasteiger partial charge in [-0.25, -0.2) is 9.78 Å². The zero-order valence-electron chi connectivity index (χ0n) is 14.9. The molecule has 1 unspecified atom stereocenters. The predicted molar refractivity (Wildman–Crippen MR) is 103 cm³/mol. The number of halogens is 2. The van der Waals surface area contributed by atoms with Crippen LogP contribution in [0, 0.1) is 0 Å². The number of fused-ring (bicyclic) bond motifs is 1. The highest BCUT2D eigenvalue weighted by molar-refractivity contribution is 6.42. The minimum atomic E-state index is -0.504. The average molecular weight is 410 g/mol. The Morgan fingerprint density at radius 1 is 1.19 bits per heavy atom. The van der Waals surface area contributed by atoms with Crippen LogP contribution in [-0.2, 0) is 25.4 Å². The molecule has 3 aromatic rings. The zero-order chi connectivity index (χ0) is 19.9. The van der Waals surface area contributed by atoms with E-state index >= 15 is 0 Å². The lowest BCUT2D eigenvalue weighted by Gasteiger charge is -2.15. The number of nitrogens with one attached hydrogen (secondary N) is 1. The molecule has 2 heterocycles. The van der Waals surface area contributed by atoms with Gasteiger partial charge in [-0.2, -0.15) is 0 Å². The van der Waals surface area contributed by atoms with E-state index in [1.54, 1.807) is 18.2 Å². The van der Waals surface area contributed by atoms with Crippen molar-refractivity contribution >= 4 is 40.3 Å². The van der Waals surface area contributed by atoms with Crippen LogP contribution in [0.25, 0.3) is 11.2 Å². The molecule has 10 heteroatoms. The first-order chi connectivity index (χ1) is 12.7. The normalized spacial score (nSPS) is 12.3. The molecule has 0 saturated heterocycles. The Bertz CT molecular complexity index is 1160. The van der Waals surface area contributed by atoms with Crippen LogP contribution in [0.3, 0.4) is 0 Å². The number of hydrogen-bond acceptors (Lipinski definition) is 4. The van der Waals surface area contributed by atoms with Gasteiger partial charge in [0, 0.05) is 14.1 Å². The highest BCUT2D eigenvalue weighted by Gasteiger charge is 2.17. The van der Waals surface area contributed by atoms with Gasteiger partial charge in [0.15, 0.2) is 11.2 Å². The quantitative estimate of drug-likeness (QED) is 0.708. The molecule has 1 amide bonds. The number of carbonyl (C=O) groups is 1. The van der Waals surface area contributed by atoms with E-state index < -0.39 is 11.2 Å². The lowest BCUT2D eigenvalue weighted by Crippen LogP contribution is -2.38. The number of hydrogen-bond donors (Lipinski definition) is 1. The molecule has 27 heavy (non-hydrogen) atoms. The first-order valence-electron chi connectivity index (χ1n) is 8.06. The molecule has 0 aliphatic carbocycles. The largest absolute Gasteiger partial charge is 0.348 e. The summed E-state index contributed by atoms with van der Waals surface area (Å²) in [5, 5.41) is 3.68. The van der Waals surface area contributed by atoms with Crippen LogP contribution in [0.2, 0.25) is 10.0 Å². The molecular weight excluding hydrogens is 393 g/mol. The van der Waals surface area contributed by atoms with Gasteiger partial charge in [-0.15, -0.1) is 0 Å². The third-order valence-electron chi connectivity index (χ3n) is 4.35. The minimum absolute atomic E-state index is 0.115. The maximum atomic E-state index is 12.4. The summed E-state index contributed by atoms with van der Waals surface area (Å²) in [5.41, 5.74) is 0.239. The van der Waals surface area contributed by atoms with E-state index in [2.05, 4.69) is 10.3 Å². The molecular formula is C17H17Cl2N5O3. The van der Waals surface area contributed by atoms with Crippen molar-refractivity contribution in [3.63, 3.8) is 0 Å². The molecule has 8 nitrogen and oxygen atoms in total. The Morgan fingerprint density at radius 2 is 1.89 bits per heavy atom. The first-order valence-corrected chi connectivity index (χ1v) is 8.81. The smallest absolute Gasteiger partial charge is 0.332 e. The lowest BCUT2D eigenvalue weighted by atomic mass is 10.1. The average Bonchev–Trinajstić information content (AvgIpc) is 3.03. The summed E-state index contributed by atoms with van der Waals surface area (Å²) in [7, 11) is 2.90. The number of rotatable bonds is 4. The first kappa shape index (κ1) is 19.2. The van der Waals surface area contributed by atoms with E-state index in [0.717, 1.165) is 10.1 Å². The molecule has 0 aliphatic heterocycles. The number of carbonyl (C=O) groups excluding carboxylic acids is 1. The maximum absolute atomic E-state index is 12.4. The van der Waals surface area contributed by atoms with Crippen molar-refractivity contribution in [2.45, 2.75) is 19.5 Å². The number of imidazole rings is 1.